The number of nitrogens with one attached hydrogen (secondary N) is 1. The molecule has 0 fully saturated rings. The molecule has 1 aliphatic rings. The summed E-state index contributed by atoms with van der Waals surface area (Å²) in [6.07, 6.45) is 1.68. The van der Waals surface area contributed by atoms with E-state index in [1.807, 2.05) is 0 Å². The number of methoxy groups -OCH3 is 1. The Kier molecular flexibility index (Phi) is 5.37. The summed E-state index contributed by atoms with van der Waals surface area (Å²) in [6, 6.07) is 14.3. The molecule has 0 amide bonds. The highest BCUT2D eigenvalue weighted by Gasteiger charge is 2.37. The highest BCUT2D eigenvalue weighted by atomic mass is 35.5. The zero-order valence-electron chi connectivity index (χ0n) is 16.9. The van der Waals surface area contributed by atoms with Gasteiger partial charge in [0.15, 0.2) is 0 Å². The number of esters is 1. The number of rotatable bonds is 4. The molecule has 0 saturated carbocycles. The smallest absolute Gasteiger partial charge is 0.317 e. The van der Waals surface area contributed by atoms with Crippen molar-refractivity contribution in [2.75, 3.05) is 13.7 Å². The Morgan fingerprint density at radius 3 is 2.65 bits per heavy atom. The lowest BCUT2D eigenvalue weighted by atomic mass is 9.92. The normalized spacial score (nSPS) is 17.7. The molecule has 8 heteroatoms. The van der Waals surface area contributed by atoms with Crippen molar-refractivity contribution >= 4 is 23.3 Å². The van der Waals surface area contributed by atoms with Crippen molar-refractivity contribution in [3.63, 3.8) is 0 Å². The predicted octanol–water partition coefficient (Wildman–Crippen LogP) is 3.82. The molecule has 1 unspecified atom stereocenters. The molecule has 4 rings (SSSR count). The Labute approximate surface area is 182 Å². The van der Waals surface area contributed by atoms with E-state index in [4.69, 9.17) is 16.3 Å². The van der Waals surface area contributed by atoms with Crippen molar-refractivity contribution < 1.29 is 13.9 Å². The molecule has 1 N–H and O–H groups in total. The number of nitrogens with zero attached hydrogens (tertiary/aromatic N) is 2. The molecular formula is C23H19ClFN3O3. The van der Waals surface area contributed by atoms with Crippen molar-refractivity contribution in [2.45, 2.75) is 6.92 Å². The minimum absolute atomic E-state index is 0.285. The van der Waals surface area contributed by atoms with Crippen molar-refractivity contribution in [1.82, 2.24) is 15.1 Å². The average molecular weight is 440 g/mol. The first-order valence-corrected chi connectivity index (χ1v) is 9.90. The fourth-order valence-corrected chi connectivity index (χ4v) is 3.59. The Morgan fingerprint density at radius 1 is 1.23 bits per heavy atom. The lowest BCUT2D eigenvalue weighted by Gasteiger charge is -2.16. The molecule has 6 nitrogen and oxygen atoms in total. The van der Waals surface area contributed by atoms with Crippen molar-refractivity contribution in [1.29, 1.82) is 0 Å². The maximum atomic E-state index is 13.9. The molecule has 2 aromatic carbocycles. The summed E-state index contributed by atoms with van der Waals surface area (Å²) >= 11 is 6.00. The number of carbonyl (C=O) groups excluding carboxylic acids is 1. The summed E-state index contributed by atoms with van der Waals surface area (Å²) in [5.41, 5.74) is 0.935. The first-order chi connectivity index (χ1) is 14.8. The van der Waals surface area contributed by atoms with Gasteiger partial charge in [0.05, 0.1) is 24.1 Å². The van der Waals surface area contributed by atoms with Crippen LogP contribution in [0.3, 0.4) is 0 Å². The molecule has 2 heterocycles. The van der Waals surface area contributed by atoms with Crippen molar-refractivity contribution in [3.8, 4) is 16.9 Å². The maximum absolute atomic E-state index is 13.9. The van der Waals surface area contributed by atoms with Crippen LogP contribution in [-0.2, 0) is 9.53 Å². The third kappa shape index (κ3) is 3.96. The second-order valence-corrected chi connectivity index (χ2v) is 7.90. The summed E-state index contributed by atoms with van der Waals surface area (Å²) < 4.78 is 19.9. The van der Waals surface area contributed by atoms with Crippen LogP contribution in [0.5, 0.6) is 0 Å². The van der Waals surface area contributed by atoms with Gasteiger partial charge in [-0.1, -0.05) is 29.8 Å². The van der Waals surface area contributed by atoms with Crippen LogP contribution in [0, 0.1) is 11.2 Å². The molecule has 3 aromatic rings. The van der Waals surface area contributed by atoms with Gasteiger partial charge in [-0.25, -0.2) is 4.39 Å². The van der Waals surface area contributed by atoms with Gasteiger partial charge in [-0.05, 0) is 49.4 Å². The highest BCUT2D eigenvalue weighted by molar-refractivity contribution is 6.30. The van der Waals surface area contributed by atoms with E-state index < -0.39 is 22.8 Å². The number of hydrogen-bond donors (Lipinski definition) is 1. The highest BCUT2D eigenvalue weighted by Crippen LogP contribution is 2.31. The lowest BCUT2D eigenvalue weighted by Crippen LogP contribution is -2.32. The molecule has 0 spiro atoms. The first kappa shape index (κ1) is 20.8. The summed E-state index contributed by atoms with van der Waals surface area (Å²) in [7, 11) is 1.32. The van der Waals surface area contributed by atoms with Crippen LogP contribution in [-0.4, -0.2) is 29.4 Å². The van der Waals surface area contributed by atoms with Gasteiger partial charge < -0.3 is 10.1 Å². The standard InChI is InChI=1S/C23H19ClFN3O3/c1-23(22(30)31-2)12-20(26-13-23)18-11-19(14-6-8-15(24)9-7-14)27-28(21(18)29)17-5-3-4-16(25)10-17/h3-12,26H,13H2,1-2H3. The SMILES string of the molecule is COC(=O)C1(C)C=C(c2cc(-c3ccc(Cl)cc3)nn(-c3cccc(F)c3)c2=O)NC1. The van der Waals surface area contributed by atoms with E-state index in [1.54, 1.807) is 49.4 Å². The van der Waals surface area contributed by atoms with Gasteiger partial charge in [-0.3, -0.25) is 9.59 Å². The Bertz CT molecular complexity index is 1250. The summed E-state index contributed by atoms with van der Waals surface area (Å²) in [5, 5.41) is 8.14. The largest absolute Gasteiger partial charge is 0.468 e. The van der Waals surface area contributed by atoms with Crippen LogP contribution in [0.25, 0.3) is 22.6 Å². The summed E-state index contributed by atoms with van der Waals surface area (Å²) in [4.78, 5) is 25.5. The summed E-state index contributed by atoms with van der Waals surface area (Å²) in [5.74, 6) is -0.895. The van der Waals surface area contributed by atoms with Gasteiger partial charge in [-0.2, -0.15) is 9.78 Å². The molecule has 0 saturated heterocycles. The Hall–Kier alpha value is -3.45. The van der Waals surface area contributed by atoms with Crippen LogP contribution >= 0.6 is 11.6 Å². The molecule has 1 aromatic heterocycles. The third-order valence-electron chi connectivity index (χ3n) is 5.16. The molecule has 0 aliphatic carbocycles. The Morgan fingerprint density at radius 2 is 1.97 bits per heavy atom. The minimum Gasteiger partial charge on any atom is -0.468 e. The van der Waals surface area contributed by atoms with Crippen LogP contribution < -0.4 is 10.9 Å². The van der Waals surface area contributed by atoms with Crippen LogP contribution in [0.15, 0.2) is 65.5 Å². The quantitative estimate of drug-likeness (QED) is 0.626. The molecule has 158 valence electrons. The zero-order valence-corrected chi connectivity index (χ0v) is 17.6. The average Bonchev–Trinajstić information content (AvgIpc) is 3.17. The second-order valence-electron chi connectivity index (χ2n) is 7.47. The van der Waals surface area contributed by atoms with Gasteiger partial charge in [0, 0.05) is 22.8 Å². The monoisotopic (exact) mass is 439 g/mol. The zero-order chi connectivity index (χ0) is 22.2. The predicted molar refractivity (Wildman–Crippen MR) is 116 cm³/mol. The molecule has 1 atom stereocenters. The van der Waals surface area contributed by atoms with E-state index in [0.29, 0.717) is 22.0 Å². The van der Waals surface area contributed by atoms with E-state index in [1.165, 1.54) is 25.3 Å². The minimum atomic E-state index is -0.913. The fourth-order valence-electron chi connectivity index (χ4n) is 3.47. The fraction of sp³-hybridized carbons (Fsp3) is 0.174. The van der Waals surface area contributed by atoms with Crippen LogP contribution in [0.2, 0.25) is 5.02 Å². The number of carbonyl (C=O) groups is 1. The van der Waals surface area contributed by atoms with Crippen LogP contribution in [0.4, 0.5) is 4.39 Å². The second kappa shape index (κ2) is 8.00. The van der Waals surface area contributed by atoms with Gasteiger partial charge in [-0.15, -0.1) is 0 Å². The van der Waals surface area contributed by atoms with E-state index in [2.05, 4.69) is 10.4 Å². The first-order valence-electron chi connectivity index (χ1n) is 9.52. The van der Waals surface area contributed by atoms with Crippen LogP contribution in [0.1, 0.15) is 12.5 Å². The van der Waals surface area contributed by atoms with Crippen molar-refractivity contribution in [3.05, 3.63) is 87.4 Å². The maximum Gasteiger partial charge on any atom is 0.317 e. The molecular weight excluding hydrogens is 421 g/mol. The molecule has 0 radical (unpaired) electrons. The third-order valence-corrected chi connectivity index (χ3v) is 5.41. The van der Waals surface area contributed by atoms with Gasteiger partial charge >= 0.3 is 5.97 Å². The number of ether oxygens (including phenoxy) is 1. The number of benzene rings is 2. The summed E-state index contributed by atoms with van der Waals surface area (Å²) in [6.45, 7) is 2.01. The van der Waals surface area contributed by atoms with Gasteiger partial charge in [0.1, 0.15) is 11.2 Å². The van der Waals surface area contributed by atoms with Gasteiger partial charge in [0.2, 0.25) is 0 Å². The molecule has 0 bridgehead atoms. The van der Waals surface area contributed by atoms with Crippen molar-refractivity contribution in [2.24, 2.45) is 5.41 Å². The number of aromatic nitrogens is 2. The topological polar surface area (TPSA) is 73.2 Å². The van der Waals surface area contributed by atoms with E-state index in [0.717, 1.165) is 10.2 Å². The lowest BCUT2D eigenvalue weighted by molar-refractivity contribution is -0.148. The number of hydrogen-bond acceptors (Lipinski definition) is 5. The Balaban J connectivity index is 1.93. The van der Waals surface area contributed by atoms with E-state index in [-0.39, 0.29) is 12.2 Å². The molecule has 31 heavy (non-hydrogen) atoms. The van der Waals surface area contributed by atoms with Gasteiger partial charge in [0.25, 0.3) is 5.56 Å². The molecule has 1 aliphatic heterocycles. The van der Waals surface area contributed by atoms with E-state index in [9.17, 15) is 14.0 Å². The van der Waals surface area contributed by atoms with E-state index >= 15 is 0 Å². The number of halogens is 2.